The van der Waals surface area contributed by atoms with Crippen LogP contribution in [0.2, 0.25) is 0 Å². The van der Waals surface area contributed by atoms with Crippen LogP contribution in [0.15, 0.2) is 34.9 Å². The van der Waals surface area contributed by atoms with Gasteiger partial charge in [0.2, 0.25) is 0 Å². The summed E-state index contributed by atoms with van der Waals surface area (Å²) in [5.74, 6) is 0.372. The second-order valence-corrected chi connectivity index (χ2v) is 8.33. The van der Waals surface area contributed by atoms with Crippen molar-refractivity contribution in [2.45, 2.75) is 60.0 Å². The van der Waals surface area contributed by atoms with E-state index >= 15 is 0 Å². The van der Waals surface area contributed by atoms with Gasteiger partial charge in [-0.05, 0) is 50.5 Å². The van der Waals surface area contributed by atoms with Crippen LogP contribution in [0.4, 0.5) is 0 Å². The zero-order valence-electron chi connectivity index (χ0n) is 15.4. The SMILES string of the molecule is CC(C)=C[C@@H]1[C@H](C(=O)O[C@H]2CC(=O)C([C@@H]3C=CCC3)=C2C)C1(C)C. The fraction of sp³-hybridized carbons (Fsp3) is 0.619. The van der Waals surface area contributed by atoms with Gasteiger partial charge in [-0.25, -0.2) is 0 Å². The fourth-order valence-corrected chi connectivity index (χ4v) is 4.34. The zero-order valence-corrected chi connectivity index (χ0v) is 15.4. The first-order valence-electron chi connectivity index (χ1n) is 8.99. The van der Waals surface area contributed by atoms with Gasteiger partial charge in [0.15, 0.2) is 5.78 Å². The summed E-state index contributed by atoms with van der Waals surface area (Å²) in [5.41, 5.74) is 3.02. The number of rotatable bonds is 4. The number of hydrogen-bond acceptors (Lipinski definition) is 3. The summed E-state index contributed by atoms with van der Waals surface area (Å²) >= 11 is 0. The predicted octanol–water partition coefficient (Wildman–Crippen LogP) is 4.39. The molecule has 0 aromatic carbocycles. The van der Waals surface area contributed by atoms with Crippen molar-refractivity contribution < 1.29 is 14.3 Å². The van der Waals surface area contributed by atoms with Gasteiger partial charge in [-0.1, -0.05) is 37.6 Å². The van der Waals surface area contributed by atoms with Crippen LogP contribution < -0.4 is 0 Å². The highest BCUT2D eigenvalue weighted by Crippen LogP contribution is 2.60. The van der Waals surface area contributed by atoms with E-state index in [0.29, 0.717) is 6.42 Å². The monoisotopic (exact) mass is 328 g/mol. The number of carbonyl (C=O) groups is 2. The highest BCUT2D eigenvalue weighted by molar-refractivity contribution is 6.00. The first-order chi connectivity index (χ1) is 11.2. The number of esters is 1. The van der Waals surface area contributed by atoms with E-state index in [1.54, 1.807) is 0 Å². The molecule has 1 fully saturated rings. The third-order valence-electron chi connectivity index (χ3n) is 5.90. The van der Waals surface area contributed by atoms with E-state index in [1.807, 2.05) is 6.92 Å². The van der Waals surface area contributed by atoms with E-state index < -0.39 is 0 Å². The Balaban J connectivity index is 1.71. The van der Waals surface area contributed by atoms with Gasteiger partial charge in [0.1, 0.15) is 6.10 Å². The molecule has 3 aliphatic rings. The quantitative estimate of drug-likeness (QED) is 0.568. The van der Waals surface area contributed by atoms with Crippen LogP contribution in [-0.2, 0) is 14.3 Å². The summed E-state index contributed by atoms with van der Waals surface area (Å²) in [6, 6.07) is 0. The molecule has 0 bridgehead atoms. The Morgan fingerprint density at radius 1 is 1.33 bits per heavy atom. The van der Waals surface area contributed by atoms with Crippen molar-refractivity contribution in [3.8, 4) is 0 Å². The standard InChI is InChI=1S/C21H28O3/c1-12(2)10-15-19(21(15,4)5)20(23)24-17-11-16(22)18(13(17)3)14-8-6-7-9-14/h6,8,10,14-15,17,19H,7,9,11H2,1-5H3/t14-,15-,17+,19-/m1/s1. The summed E-state index contributed by atoms with van der Waals surface area (Å²) < 4.78 is 5.78. The molecular formula is C21H28O3. The molecule has 1 saturated carbocycles. The Bertz CT molecular complexity index is 659. The van der Waals surface area contributed by atoms with Crippen LogP contribution in [0.5, 0.6) is 0 Å². The minimum atomic E-state index is -0.363. The lowest BCUT2D eigenvalue weighted by molar-refractivity contribution is -0.150. The molecule has 0 radical (unpaired) electrons. The van der Waals surface area contributed by atoms with Crippen molar-refractivity contribution in [3.05, 3.63) is 34.9 Å². The maximum absolute atomic E-state index is 12.6. The van der Waals surface area contributed by atoms with Gasteiger partial charge < -0.3 is 4.74 Å². The van der Waals surface area contributed by atoms with Gasteiger partial charge in [0.05, 0.1) is 12.3 Å². The number of hydrogen-bond donors (Lipinski definition) is 0. The van der Waals surface area contributed by atoms with Crippen molar-refractivity contribution in [2.75, 3.05) is 0 Å². The van der Waals surface area contributed by atoms with Gasteiger partial charge in [0.25, 0.3) is 0 Å². The smallest absolute Gasteiger partial charge is 0.310 e. The normalized spacial score (nSPS) is 33.8. The summed E-state index contributed by atoms with van der Waals surface area (Å²) in [6.45, 7) is 10.3. The topological polar surface area (TPSA) is 43.4 Å². The van der Waals surface area contributed by atoms with Crippen LogP contribution in [0.25, 0.3) is 0 Å². The van der Waals surface area contributed by atoms with E-state index in [9.17, 15) is 9.59 Å². The zero-order chi connectivity index (χ0) is 17.6. The van der Waals surface area contributed by atoms with Crippen molar-refractivity contribution in [1.82, 2.24) is 0 Å². The highest BCUT2D eigenvalue weighted by atomic mass is 16.5. The highest BCUT2D eigenvalue weighted by Gasteiger charge is 2.61. The molecule has 0 heterocycles. The fourth-order valence-electron chi connectivity index (χ4n) is 4.34. The van der Waals surface area contributed by atoms with Crippen molar-refractivity contribution in [2.24, 2.45) is 23.2 Å². The Morgan fingerprint density at radius 2 is 2.04 bits per heavy atom. The van der Waals surface area contributed by atoms with Gasteiger partial charge in [-0.3, -0.25) is 9.59 Å². The molecule has 0 spiro atoms. The average molecular weight is 328 g/mol. The van der Waals surface area contributed by atoms with Gasteiger partial charge in [0, 0.05) is 11.5 Å². The summed E-state index contributed by atoms with van der Waals surface area (Å²) in [4.78, 5) is 25.0. The van der Waals surface area contributed by atoms with Crippen LogP contribution in [-0.4, -0.2) is 17.9 Å². The first-order valence-corrected chi connectivity index (χ1v) is 8.99. The Labute approximate surface area is 144 Å². The van der Waals surface area contributed by atoms with E-state index in [2.05, 4.69) is 45.9 Å². The second kappa shape index (κ2) is 6.02. The van der Waals surface area contributed by atoms with E-state index in [4.69, 9.17) is 4.74 Å². The van der Waals surface area contributed by atoms with Gasteiger partial charge >= 0.3 is 5.97 Å². The summed E-state index contributed by atoms with van der Waals surface area (Å²) in [5, 5.41) is 0. The molecule has 24 heavy (non-hydrogen) atoms. The van der Waals surface area contributed by atoms with Crippen LogP contribution >= 0.6 is 0 Å². The Hall–Kier alpha value is -1.64. The molecule has 3 rings (SSSR count). The number of ketones is 1. The third kappa shape index (κ3) is 2.89. The second-order valence-electron chi connectivity index (χ2n) is 8.33. The lowest BCUT2D eigenvalue weighted by atomic mass is 9.95. The third-order valence-corrected chi connectivity index (χ3v) is 5.90. The van der Waals surface area contributed by atoms with Crippen LogP contribution in [0.1, 0.15) is 53.9 Å². The minimum absolute atomic E-state index is 0.0500. The van der Waals surface area contributed by atoms with Crippen molar-refractivity contribution in [1.29, 1.82) is 0 Å². The van der Waals surface area contributed by atoms with Gasteiger partial charge in [-0.15, -0.1) is 0 Å². The van der Waals surface area contributed by atoms with Crippen molar-refractivity contribution >= 4 is 11.8 Å². The molecule has 3 aliphatic carbocycles. The molecule has 3 nitrogen and oxygen atoms in total. The van der Waals surface area contributed by atoms with E-state index in [-0.39, 0.29) is 41.0 Å². The molecule has 0 amide bonds. The predicted molar refractivity (Wildman–Crippen MR) is 94.3 cm³/mol. The summed E-state index contributed by atoms with van der Waals surface area (Å²) in [6.07, 6.45) is 8.40. The molecule has 0 saturated heterocycles. The average Bonchev–Trinajstić information content (AvgIpc) is 2.87. The van der Waals surface area contributed by atoms with Gasteiger partial charge in [-0.2, -0.15) is 0 Å². The Morgan fingerprint density at radius 3 is 2.62 bits per heavy atom. The molecule has 0 aromatic rings. The molecule has 0 aromatic heterocycles. The molecule has 0 N–H and O–H groups in total. The van der Waals surface area contributed by atoms with Crippen molar-refractivity contribution in [3.63, 3.8) is 0 Å². The maximum atomic E-state index is 12.6. The largest absolute Gasteiger partial charge is 0.457 e. The number of ether oxygens (including phenoxy) is 1. The lowest BCUT2D eigenvalue weighted by Crippen LogP contribution is -2.20. The Kier molecular flexibility index (Phi) is 4.31. The van der Waals surface area contributed by atoms with E-state index in [1.165, 1.54) is 5.57 Å². The molecular weight excluding hydrogens is 300 g/mol. The molecule has 0 unspecified atom stereocenters. The van der Waals surface area contributed by atoms with E-state index in [0.717, 1.165) is 24.0 Å². The number of allylic oxidation sites excluding steroid dienone is 5. The summed E-state index contributed by atoms with van der Waals surface area (Å²) in [7, 11) is 0. The number of carbonyl (C=O) groups excluding carboxylic acids is 2. The maximum Gasteiger partial charge on any atom is 0.310 e. The number of Topliss-reactive ketones (excluding diaryl/α,β-unsaturated/α-hetero) is 1. The molecule has 130 valence electrons. The molecule has 0 aliphatic heterocycles. The van der Waals surface area contributed by atoms with Crippen LogP contribution in [0.3, 0.4) is 0 Å². The lowest BCUT2D eigenvalue weighted by Gasteiger charge is -2.14. The minimum Gasteiger partial charge on any atom is -0.457 e. The first kappa shape index (κ1) is 17.2. The molecule has 4 atom stereocenters. The molecule has 3 heteroatoms. The van der Waals surface area contributed by atoms with Crippen LogP contribution in [0, 0.1) is 23.2 Å².